The highest BCUT2D eigenvalue weighted by molar-refractivity contribution is 7.19. The molecule has 0 amide bonds. The normalized spacial score (nSPS) is 17.6. The monoisotopic (exact) mass is 414 g/mol. The summed E-state index contributed by atoms with van der Waals surface area (Å²) in [6.45, 7) is 8.97. The largest absolute Gasteiger partial charge is 0.271 e. The number of thiophene rings is 1. The zero-order valence-corrected chi connectivity index (χ0v) is 18.3. The van der Waals surface area contributed by atoms with Gasteiger partial charge in [-0.15, -0.1) is 16.4 Å². The van der Waals surface area contributed by atoms with Crippen LogP contribution in [0.25, 0.3) is 27.4 Å². The Labute approximate surface area is 172 Å². The third-order valence-corrected chi connectivity index (χ3v) is 7.70. The number of nitrogens with zero attached hydrogens (tertiary/aromatic N) is 6. The molecule has 146 valence electrons. The molecular formula is C20H23ClN6S. The van der Waals surface area contributed by atoms with E-state index in [0.29, 0.717) is 27.9 Å². The molecule has 0 spiro atoms. The van der Waals surface area contributed by atoms with Gasteiger partial charge in [0.05, 0.1) is 16.1 Å². The van der Waals surface area contributed by atoms with Gasteiger partial charge in [0.2, 0.25) is 5.82 Å². The number of aryl methyl sites for hydroxylation is 2. The Balaban J connectivity index is 1.68. The molecule has 0 fully saturated rings. The molecule has 8 heteroatoms. The number of hydrogen-bond acceptors (Lipinski definition) is 5. The number of halogens is 1. The van der Waals surface area contributed by atoms with Gasteiger partial charge in [0, 0.05) is 11.9 Å². The SMILES string of the molecule is Cc1c(Cl)c(-c2nc3c4c5c(sc4ncn3n2)C[C@H](C(C)(C)C)CC5)nn1C. The minimum atomic E-state index is 0.326. The molecule has 4 aromatic heterocycles. The highest BCUT2D eigenvalue weighted by Gasteiger charge is 2.32. The molecule has 6 nitrogen and oxygen atoms in total. The van der Waals surface area contributed by atoms with Gasteiger partial charge in [-0.2, -0.15) is 5.10 Å². The van der Waals surface area contributed by atoms with Crippen LogP contribution in [0, 0.1) is 18.3 Å². The summed E-state index contributed by atoms with van der Waals surface area (Å²) >= 11 is 8.27. The standard InChI is InChI=1S/C20H23ClN6S/c1-10-15(21)16(24-26(10)5)17-23-18-14-12-7-6-11(20(2,3)4)8-13(12)28-19(14)22-9-27(18)25-17/h9,11H,6-8H2,1-5H3/t11-/m1/s1. The van der Waals surface area contributed by atoms with E-state index < -0.39 is 0 Å². The van der Waals surface area contributed by atoms with Crippen LogP contribution in [0.5, 0.6) is 0 Å². The van der Waals surface area contributed by atoms with E-state index in [1.54, 1.807) is 15.5 Å². The molecule has 1 atom stereocenters. The van der Waals surface area contributed by atoms with Crippen LogP contribution in [0.2, 0.25) is 5.02 Å². The van der Waals surface area contributed by atoms with E-state index >= 15 is 0 Å². The summed E-state index contributed by atoms with van der Waals surface area (Å²) < 4.78 is 3.52. The minimum Gasteiger partial charge on any atom is -0.271 e. The lowest BCUT2D eigenvalue weighted by Gasteiger charge is -2.33. The predicted molar refractivity (Wildman–Crippen MR) is 113 cm³/mol. The first kappa shape index (κ1) is 18.1. The van der Waals surface area contributed by atoms with Crippen molar-refractivity contribution in [2.45, 2.75) is 47.0 Å². The molecule has 0 bridgehead atoms. The highest BCUT2D eigenvalue weighted by Crippen LogP contribution is 2.43. The second-order valence-electron chi connectivity index (χ2n) is 8.81. The zero-order chi connectivity index (χ0) is 19.8. The van der Waals surface area contributed by atoms with Crippen LogP contribution in [0.1, 0.15) is 43.3 Å². The fourth-order valence-electron chi connectivity index (χ4n) is 4.14. The third-order valence-electron chi connectivity index (χ3n) is 6.08. The molecule has 0 saturated heterocycles. The number of fused-ring (bicyclic) bond motifs is 5. The van der Waals surface area contributed by atoms with E-state index in [4.69, 9.17) is 16.6 Å². The molecule has 0 N–H and O–H groups in total. The van der Waals surface area contributed by atoms with Gasteiger partial charge >= 0.3 is 0 Å². The topological polar surface area (TPSA) is 60.9 Å². The van der Waals surface area contributed by atoms with Crippen LogP contribution in [-0.2, 0) is 19.9 Å². The fraction of sp³-hybridized carbons (Fsp3) is 0.500. The summed E-state index contributed by atoms with van der Waals surface area (Å²) in [7, 11) is 1.88. The third kappa shape index (κ3) is 2.59. The lowest BCUT2D eigenvalue weighted by molar-refractivity contribution is 0.218. The molecule has 1 aliphatic rings. The quantitative estimate of drug-likeness (QED) is 0.446. The Kier molecular flexibility index (Phi) is 3.87. The molecule has 0 aromatic carbocycles. The first-order chi connectivity index (χ1) is 13.2. The zero-order valence-electron chi connectivity index (χ0n) is 16.7. The molecule has 5 rings (SSSR count). The van der Waals surface area contributed by atoms with Crippen LogP contribution < -0.4 is 0 Å². The summed E-state index contributed by atoms with van der Waals surface area (Å²) in [5.41, 5.74) is 4.11. The van der Waals surface area contributed by atoms with E-state index in [1.807, 2.05) is 25.3 Å². The van der Waals surface area contributed by atoms with Gasteiger partial charge in [0.15, 0.2) is 11.3 Å². The van der Waals surface area contributed by atoms with E-state index in [0.717, 1.165) is 34.4 Å². The van der Waals surface area contributed by atoms with Crippen LogP contribution >= 0.6 is 22.9 Å². The van der Waals surface area contributed by atoms with Gasteiger partial charge < -0.3 is 0 Å². The second kappa shape index (κ2) is 6.00. The molecule has 28 heavy (non-hydrogen) atoms. The van der Waals surface area contributed by atoms with Crippen molar-refractivity contribution in [2.24, 2.45) is 18.4 Å². The van der Waals surface area contributed by atoms with E-state index in [2.05, 4.69) is 36.0 Å². The Hall–Kier alpha value is -1.99. The fourth-order valence-corrected chi connectivity index (χ4v) is 5.65. The van der Waals surface area contributed by atoms with Crippen molar-refractivity contribution in [1.29, 1.82) is 0 Å². The molecule has 0 radical (unpaired) electrons. The number of hydrogen-bond donors (Lipinski definition) is 0. The Morgan fingerprint density at radius 2 is 2.04 bits per heavy atom. The number of aromatic nitrogens is 6. The molecule has 0 unspecified atom stereocenters. The maximum atomic E-state index is 6.46. The maximum absolute atomic E-state index is 6.46. The van der Waals surface area contributed by atoms with Gasteiger partial charge in [-0.05, 0) is 43.1 Å². The van der Waals surface area contributed by atoms with Crippen molar-refractivity contribution in [3.63, 3.8) is 0 Å². The molecule has 4 heterocycles. The lowest BCUT2D eigenvalue weighted by atomic mass is 9.72. The Morgan fingerprint density at radius 3 is 2.71 bits per heavy atom. The lowest BCUT2D eigenvalue weighted by Crippen LogP contribution is -2.26. The van der Waals surface area contributed by atoms with Crippen molar-refractivity contribution in [3.8, 4) is 11.5 Å². The molecule has 0 saturated carbocycles. The van der Waals surface area contributed by atoms with Gasteiger partial charge in [-0.25, -0.2) is 14.5 Å². The van der Waals surface area contributed by atoms with E-state index in [-0.39, 0.29) is 0 Å². The van der Waals surface area contributed by atoms with Crippen LogP contribution in [0.3, 0.4) is 0 Å². The molecule has 1 aliphatic carbocycles. The predicted octanol–water partition coefficient (Wildman–Crippen LogP) is 4.85. The summed E-state index contributed by atoms with van der Waals surface area (Å²) in [4.78, 5) is 12.0. The summed E-state index contributed by atoms with van der Waals surface area (Å²) in [5, 5.41) is 10.9. The smallest absolute Gasteiger partial charge is 0.204 e. The summed E-state index contributed by atoms with van der Waals surface area (Å²) in [6, 6.07) is 0. The average Bonchev–Trinajstić information content (AvgIpc) is 3.29. The Bertz CT molecular complexity index is 1230. The van der Waals surface area contributed by atoms with E-state index in [1.165, 1.54) is 16.9 Å². The van der Waals surface area contributed by atoms with Crippen LogP contribution in [0.15, 0.2) is 6.33 Å². The summed E-state index contributed by atoms with van der Waals surface area (Å²) in [5.74, 6) is 1.25. The number of rotatable bonds is 1. The molecular weight excluding hydrogens is 392 g/mol. The minimum absolute atomic E-state index is 0.326. The van der Waals surface area contributed by atoms with E-state index in [9.17, 15) is 0 Å². The van der Waals surface area contributed by atoms with Gasteiger partial charge in [0.25, 0.3) is 0 Å². The van der Waals surface area contributed by atoms with Crippen molar-refractivity contribution in [2.75, 3.05) is 0 Å². The summed E-state index contributed by atoms with van der Waals surface area (Å²) in [6.07, 6.45) is 5.15. The van der Waals surface area contributed by atoms with Crippen LogP contribution in [-0.4, -0.2) is 29.4 Å². The first-order valence-electron chi connectivity index (χ1n) is 9.59. The van der Waals surface area contributed by atoms with Crippen molar-refractivity contribution in [3.05, 3.63) is 27.5 Å². The van der Waals surface area contributed by atoms with Crippen LogP contribution in [0.4, 0.5) is 0 Å². The van der Waals surface area contributed by atoms with Crippen molar-refractivity contribution in [1.82, 2.24) is 29.4 Å². The maximum Gasteiger partial charge on any atom is 0.204 e. The highest BCUT2D eigenvalue weighted by atomic mass is 35.5. The molecule has 4 aromatic rings. The Morgan fingerprint density at radius 1 is 1.25 bits per heavy atom. The molecule has 0 aliphatic heterocycles. The average molecular weight is 415 g/mol. The van der Waals surface area contributed by atoms with Gasteiger partial charge in [-0.1, -0.05) is 32.4 Å². The first-order valence-corrected chi connectivity index (χ1v) is 10.8. The van der Waals surface area contributed by atoms with Gasteiger partial charge in [0.1, 0.15) is 11.2 Å². The van der Waals surface area contributed by atoms with Gasteiger partial charge in [-0.3, -0.25) is 4.68 Å². The van der Waals surface area contributed by atoms with Crippen molar-refractivity contribution < 1.29 is 0 Å². The van der Waals surface area contributed by atoms with Crippen molar-refractivity contribution >= 4 is 38.8 Å². The second-order valence-corrected chi connectivity index (χ2v) is 10.3.